The van der Waals surface area contributed by atoms with Crippen LogP contribution in [0.5, 0.6) is 0 Å². The minimum absolute atomic E-state index is 0.520. The average molecular weight is 413 g/mol. The molecule has 7 heteroatoms. The van der Waals surface area contributed by atoms with Gasteiger partial charge in [0.2, 0.25) is 5.95 Å². The summed E-state index contributed by atoms with van der Waals surface area (Å²) in [6, 6.07) is 12.5. The second kappa shape index (κ2) is 10.0. The van der Waals surface area contributed by atoms with Gasteiger partial charge in [0.25, 0.3) is 0 Å². The van der Waals surface area contributed by atoms with E-state index < -0.39 is 0 Å². The Morgan fingerprint density at radius 1 is 1.14 bits per heavy atom. The minimum atomic E-state index is 0.520. The molecule has 29 heavy (non-hydrogen) atoms. The monoisotopic (exact) mass is 412 g/mol. The predicted octanol–water partition coefficient (Wildman–Crippen LogP) is 3.62. The highest BCUT2D eigenvalue weighted by molar-refractivity contribution is 7.07. The van der Waals surface area contributed by atoms with E-state index in [1.807, 2.05) is 6.07 Å². The molecule has 0 aliphatic carbocycles. The predicted molar refractivity (Wildman–Crippen MR) is 115 cm³/mol. The number of aromatic nitrogens is 3. The van der Waals surface area contributed by atoms with Crippen LogP contribution in [0, 0.1) is 5.92 Å². The standard InChI is InChI=1S/C22H28N4O2S/c1-27-11-10-26-21(13-19-8-12-29-17-19)23-24-22(26)25-9-7-20(14-25)16-28-15-18-5-3-2-4-6-18/h2-6,8,12,17,20H,7,9-11,13-16H2,1H3/t20-/m0/s1. The molecule has 1 atom stereocenters. The van der Waals surface area contributed by atoms with Gasteiger partial charge in [-0.15, -0.1) is 10.2 Å². The molecule has 3 aromatic rings. The Labute approximate surface area is 176 Å². The zero-order valence-electron chi connectivity index (χ0n) is 16.9. The van der Waals surface area contributed by atoms with Gasteiger partial charge in [0.15, 0.2) is 0 Å². The van der Waals surface area contributed by atoms with E-state index in [-0.39, 0.29) is 0 Å². The first-order valence-electron chi connectivity index (χ1n) is 10.1. The molecule has 0 amide bonds. The second-order valence-electron chi connectivity index (χ2n) is 7.47. The molecule has 0 saturated carbocycles. The maximum Gasteiger partial charge on any atom is 0.227 e. The minimum Gasteiger partial charge on any atom is -0.383 e. The Morgan fingerprint density at radius 2 is 2.03 bits per heavy atom. The first-order chi connectivity index (χ1) is 14.3. The molecular weight excluding hydrogens is 384 g/mol. The Hall–Kier alpha value is -2.22. The van der Waals surface area contributed by atoms with Gasteiger partial charge >= 0.3 is 0 Å². The van der Waals surface area contributed by atoms with Crippen molar-refractivity contribution in [1.82, 2.24) is 14.8 Å². The molecule has 1 fully saturated rings. The molecule has 0 unspecified atom stereocenters. The fourth-order valence-corrected chi connectivity index (χ4v) is 4.41. The summed E-state index contributed by atoms with van der Waals surface area (Å²) in [4.78, 5) is 2.34. The zero-order valence-corrected chi connectivity index (χ0v) is 17.7. The summed E-state index contributed by atoms with van der Waals surface area (Å²) >= 11 is 1.71. The number of anilines is 1. The van der Waals surface area contributed by atoms with E-state index in [1.54, 1.807) is 18.4 Å². The van der Waals surface area contributed by atoms with E-state index in [2.05, 4.69) is 60.8 Å². The highest BCUT2D eigenvalue weighted by Gasteiger charge is 2.27. The SMILES string of the molecule is COCCn1c(Cc2ccsc2)nnc1N1CC[C@H](COCc2ccccc2)C1. The number of hydrogen-bond donors (Lipinski definition) is 0. The Balaban J connectivity index is 1.36. The van der Waals surface area contributed by atoms with Crippen LogP contribution in [-0.2, 0) is 29.0 Å². The van der Waals surface area contributed by atoms with E-state index in [0.717, 1.165) is 50.9 Å². The van der Waals surface area contributed by atoms with Crippen LogP contribution in [-0.4, -0.2) is 48.2 Å². The van der Waals surface area contributed by atoms with Gasteiger partial charge in [0, 0.05) is 32.5 Å². The van der Waals surface area contributed by atoms with Gasteiger partial charge in [-0.25, -0.2) is 0 Å². The first-order valence-corrected chi connectivity index (χ1v) is 11.1. The van der Waals surface area contributed by atoms with E-state index in [0.29, 0.717) is 19.1 Å². The Kier molecular flexibility index (Phi) is 6.92. The van der Waals surface area contributed by atoms with Crippen LogP contribution in [0.3, 0.4) is 0 Å². The molecule has 2 aromatic heterocycles. The van der Waals surface area contributed by atoms with Crippen molar-refractivity contribution in [3.05, 3.63) is 64.1 Å². The molecule has 0 spiro atoms. The van der Waals surface area contributed by atoms with E-state index in [4.69, 9.17) is 9.47 Å². The van der Waals surface area contributed by atoms with Gasteiger partial charge in [-0.05, 0) is 34.4 Å². The fourth-order valence-electron chi connectivity index (χ4n) is 3.75. The summed E-state index contributed by atoms with van der Waals surface area (Å²) in [6.45, 7) is 4.82. The number of methoxy groups -OCH3 is 1. The maximum absolute atomic E-state index is 5.97. The van der Waals surface area contributed by atoms with Crippen molar-refractivity contribution in [2.24, 2.45) is 5.92 Å². The van der Waals surface area contributed by atoms with Crippen molar-refractivity contribution >= 4 is 17.3 Å². The smallest absolute Gasteiger partial charge is 0.227 e. The van der Waals surface area contributed by atoms with Gasteiger partial charge in [-0.1, -0.05) is 30.3 Å². The number of hydrogen-bond acceptors (Lipinski definition) is 6. The van der Waals surface area contributed by atoms with Crippen LogP contribution < -0.4 is 4.90 Å². The maximum atomic E-state index is 5.97. The van der Waals surface area contributed by atoms with Crippen molar-refractivity contribution in [3.8, 4) is 0 Å². The highest BCUT2D eigenvalue weighted by Crippen LogP contribution is 2.25. The zero-order chi connectivity index (χ0) is 19.9. The topological polar surface area (TPSA) is 52.4 Å². The summed E-state index contributed by atoms with van der Waals surface area (Å²) < 4.78 is 13.5. The molecule has 6 nitrogen and oxygen atoms in total. The summed E-state index contributed by atoms with van der Waals surface area (Å²) in [7, 11) is 1.73. The normalized spacial score (nSPS) is 16.6. The lowest BCUT2D eigenvalue weighted by molar-refractivity contribution is 0.0929. The molecule has 1 aliphatic rings. The Morgan fingerprint density at radius 3 is 2.83 bits per heavy atom. The van der Waals surface area contributed by atoms with Crippen molar-refractivity contribution in [1.29, 1.82) is 0 Å². The molecule has 1 saturated heterocycles. The summed E-state index contributed by atoms with van der Waals surface area (Å²) in [5.74, 6) is 2.48. The molecule has 3 heterocycles. The molecule has 0 radical (unpaired) electrons. The third kappa shape index (κ3) is 5.23. The Bertz CT molecular complexity index is 866. The number of benzene rings is 1. The summed E-state index contributed by atoms with van der Waals surface area (Å²) in [5, 5.41) is 13.3. The second-order valence-corrected chi connectivity index (χ2v) is 8.25. The molecule has 4 rings (SSSR count). The van der Waals surface area contributed by atoms with Gasteiger partial charge < -0.3 is 14.4 Å². The summed E-state index contributed by atoms with van der Waals surface area (Å²) in [6.07, 6.45) is 1.92. The lowest BCUT2D eigenvalue weighted by Gasteiger charge is -2.19. The van der Waals surface area contributed by atoms with Crippen LogP contribution >= 0.6 is 11.3 Å². The third-order valence-electron chi connectivity index (χ3n) is 5.30. The van der Waals surface area contributed by atoms with Gasteiger partial charge in [0.1, 0.15) is 5.82 Å². The van der Waals surface area contributed by atoms with Gasteiger partial charge in [-0.2, -0.15) is 11.3 Å². The molecule has 0 bridgehead atoms. The van der Waals surface area contributed by atoms with Crippen LogP contribution in [0.15, 0.2) is 47.2 Å². The lowest BCUT2D eigenvalue weighted by atomic mass is 10.1. The van der Waals surface area contributed by atoms with Crippen LogP contribution in [0.25, 0.3) is 0 Å². The van der Waals surface area contributed by atoms with E-state index >= 15 is 0 Å². The molecule has 1 aromatic carbocycles. The number of thiophene rings is 1. The molecule has 154 valence electrons. The summed E-state index contributed by atoms with van der Waals surface area (Å²) in [5.41, 5.74) is 2.50. The largest absolute Gasteiger partial charge is 0.383 e. The van der Waals surface area contributed by atoms with Crippen molar-refractivity contribution in [2.45, 2.75) is 26.0 Å². The highest BCUT2D eigenvalue weighted by atomic mass is 32.1. The molecule has 0 N–H and O–H groups in total. The van der Waals surface area contributed by atoms with Crippen LogP contribution in [0.2, 0.25) is 0 Å². The van der Waals surface area contributed by atoms with Crippen molar-refractivity contribution in [3.63, 3.8) is 0 Å². The van der Waals surface area contributed by atoms with Crippen molar-refractivity contribution in [2.75, 3.05) is 38.3 Å². The third-order valence-corrected chi connectivity index (χ3v) is 6.04. The lowest BCUT2D eigenvalue weighted by Crippen LogP contribution is -2.26. The van der Waals surface area contributed by atoms with E-state index in [1.165, 1.54) is 11.1 Å². The quantitative estimate of drug-likeness (QED) is 0.509. The van der Waals surface area contributed by atoms with Gasteiger partial charge in [-0.3, -0.25) is 4.57 Å². The average Bonchev–Trinajstić information content (AvgIpc) is 3.49. The number of rotatable bonds is 10. The number of nitrogens with zero attached hydrogens (tertiary/aromatic N) is 4. The van der Waals surface area contributed by atoms with Crippen LogP contribution in [0.1, 0.15) is 23.4 Å². The van der Waals surface area contributed by atoms with Crippen LogP contribution in [0.4, 0.5) is 5.95 Å². The molecule has 1 aliphatic heterocycles. The molecular formula is C22H28N4O2S. The fraction of sp³-hybridized carbons (Fsp3) is 0.455. The van der Waals surface area contributed by atoms with Gasteiger partial charge in [0.05, 0.1) is 26.4 Å². The van der Waals surface area contributed by atoms with E-state index in [9.17, 15) is 0 Å². The number of ether oxygens (including phenoxy) is 2. The van der Waals surface area contributed by atoms with Crippen molar-refractivity contribution < 1.29 is 9.47 Å². The first kappa shape index (κ1) is 20.1.